The number of hydrogen-bond acceptors (Lipinski definition) is 4. The van der Waals surface area contributed by atoms with Crippen LogP contribution in [0, 0.1) is 6.92 Å². The lowest BCUT2D eigenvalue weighted by Gasteiger charge is -2.12. The van der Waals surface area contributed by atoms with E-state index >= 15 is 0 Å². The molecule has 1 aromatic carbocycles. The summed E-state index contributed by atoms with van der Waals surface area (Å²) in [5.41, 5.74) is 0.986. The van der Waals surface area contributed by atoms with E-state index in [2.05, 4.69) is 10.1 Å². The molecule has 1 atom stereocenters. The van der Waals surface area contributed by atoms with Crippen LogP contribution in [0.25, 0.3) is 0 Å². The number of benzene rings is 1. The molecular weight excluding hydrogens is 222 g/mol. The quantitative estimate of drug-likeness (QED) is 0.769. The normalized spacial score (nSPS) is 11.7. The number of carbonyl (C=O) groups is 2. The van der Waals surface area contributed by atoms with Gasteiger partial charge < -0.3 is 15.2 Å². The van der Waals surface area contributed by atoms with Gasteiger partial charge in [-0.05, 0) is 26.0 Å². The Hall–Kier alpha value is -2.04. The number of hydrogen-bond donors (Lipinski definition) is 2. The molecule has 0 aliphatic carbocycles. The van der Waals surface area contributed by atoms with Gasteiger partial charge in [0, 0.05) is 0 Å². The molecule has 17 heavy (non-hydrogen) atoms. The molecule has 5 heteroatoms. The van der Waals surface area contributed by atoms with Crippen LogP contribution in [-0.4, -0.2) is 30.1 Å². The molecule has 0 bridgehead atoms. The van der Waals surface area contributed by atoms with E-state index in [1.54, 1.807) is 19.1 Å². The van der Waals surface area contributed by atoms with Crippen LogP contribution in [0.1, 0.15) is 22.8 Å². The number of amides is 1. The van der Waals surface area contributed by atoms with Gasteiger partial charge in [0.2, 0.25) is 0 Å². The predicted molar refractivity (Wildman–Crippen MR) is 61.8 cm³/mol. The third kappa shape index (κ3) is 3.21. The van der Waals surface area contributed by atoms with E-state index in [1.165, 1.54) is 20.1 Å². The van der Waals surface area contributed by atoms with Gasteiger partial charge >= 0.3 is 5.97 Å². The van der Waals surface area contributed by atoms with Crippen LogP contribution in [0.4, 0.5) is 0 Å². The summed E-state index contributed by atoms with van der Waals surface area (Å²) in [5, 5.41) is 12.0. The number of phenolic OH excluding ortho intramolecular Hbond substituents is 1. The fourth-order valence-corrected chi connectivity index (χ4v) is 1.34. The van der Waals surface area contributed by atoms with Gasteiger partial charge in [-0.2, -0.15) is 0 Å². The van der Waals surface area contributed by atoms with Gasteiger partial charge in [-0.15, -0.1) is 0 Å². The molecule has 0 aliphatic rings. The van der Waals surface area contributed by atoms with Crippen molar-refractivity contribution in [1.82, 2.24) is 5.32 Å². The summed E-state index contributed by atoms with van der Waals surface area (Å²) in [7, 11) is 1.25. The highest BCUT2D eigenvalue weighted by Crippen LogP contribution is 2.18. The second-order valence-electron chi connectivity index (χ2n) is 3.74. The minimum atomic E-state index is -0.757. The summed E-state index contributed by atoms with van der Waals surface area (Å²) in [6, 6.07) is 3.92. The summed E-state index contributed by atoms with van der Waals surface area (Å²) in [6.45, 7) is 3.32. The summed E-state index contributed by atoms with van der Waals surface area (Å²) in [6.07, 6.45) is 0. The van der Waals surface area contributed by atoms with Crippen LogP contribution < -0.4 is 5.32 Å². The van der Waals surface area contributed by atoms with Crippen molar-refractivity contribution in [3.63, 3.8) is 0 Å². The molecule has 1 unspecified atom stereocenters. The van der Waals surface area contributed by atoms with E-state index < -0.39 is 17.9 Å². The first kappa shape index (κ1) is 13.0. The van der Waals surface area contributed by atoms with E-state index in [-0.39, 0.29) is 11.3 Å². The first-order chi connectivity index (χ1) is 7.95. The zero-order valence-electron chi connectivity index (χ0n) is 9.98. The van der Waals surface area contributed by atoms with Crippen LogP contribution in [0.5, 0.6) is 5.75 Å². The number of carbonyl (C=O) groups excluding carboxylic acids is 2. The lowest BCUT2D eigenvalue weighted by atomic mass is 10.1. The van der Waals surface area contributed by atoms with E-state index in [1.807, 2.05) is 0 Å². The predicted octanol–water partition coefficient (Wildman–Crippen LogP) is 0.992. The number of ether oxygens (including phenoxy) is 1. The monoisotopic (exact) mass is 237 g/mol. The number of nitrogens with one attached hydrogen (secondary N) is 1. The Labute approximate surface area is 99.4 Å². The van der Waals surface area contributed by atoms with Gasteiger partial charge in [0.25, 0.3) is 5.91 Å². The van der Waals surface area contributed by atoms with Gasteiger partial charge in [-0.1, -0.05) is 11.6 Å². The first-order valence-corrected chi connectivity index (χ1v) is 5.14. The zero-order chi connectivity index (χ0) is 13.0. The number of phenols is 1. The third-order valence-corrected chi connectivity index (χ3v) is 2.30. The summed E-state index contributed by atoms with van der Waals surface area (Å²) in [5.74, 6) is -1.17. The number of rotatable bonds is 3. The summed E-state index contributed by atoms with van der Waals surface area (Å²) < 4.78 is 4.49. The highest BCUT2D eigenvalue weighted by molar-refractivity contribution is 5.99. The van der Waals surface area contributed by atoms with Crippen molar-refractivity contribution in [2.45, 2.75) is 19.9 Å². The fraction of sp³-hybridized carbons (Fsp3) is 0.333. The molecule has 0 saturated carbocycles. The van der Waals surface area contributed by atoms with E-state index in [4.69, 9.17) is 0 Å². The van der Waals surface area contributed by atoms with Crippen molar-refractivity contribution in [2.24, 2.45) is 0 Å². The molecule has 0 heterocycles. The molecule has 0 saturated heterocycles. The largest absolute Gasteiger partial charge is 0.507 e. The number of aryl methyl sites for hydroxylation is 1. The van der Waals surface area contributed by atoms with Gasteiger partial charge in [0.1, 0.15) is 11.8 Å². The van der Waals surface area contributed by atoms with E-state index in [9.17, 15) is 14.7 Å². The lowest BCUT2D eigenvalue weighted by molar-refractivity contribution is -0.142. The average molecular weight is 237 g/mol. The maximum atomic E-state index is 11.8. The molecule has 5 nitrogen and oxygen atoms in total. The summed E-state index contributed by atoms with van der Waals surface area (Å²) in [4.78, 5) is 22.9. The van der Waals surface area contributed by atoms with Gasteiger partial charge in [0.15, 0.2) is 0 Å². The molecule has 92 valence electrons. The van der Waals surface area contributed by atoms with Crippen LogP contribution in [0.3, 0.4) is 0 Å². The SMILES string of the molecule is COC(=O)C(C)NC(=O)c1cc(C)ccc1O. The second-order valence-corrected chi connectivity index (χ2v) is 3.74. The lowest BCUT2D eigenvalue weighted by Crippen LogP contribution is -2.39. The fourth-order valence-electron chi connectivity index (χ4n) is 1.34. The molecule has 0 aromatic heterocycles. The van der Waals surface area contributed by atoms with Crippen molar-refractivity contribution < 1.29 is 19.4 Å². The van der Waals surface area contributed by atoms with E-state index in [0.717, 1.165) is 5.56 Å². The maximum Gasteiger partial charge on any atom is 0.328 e. The molecule has 1 rings (SSSR count). The molecule has 0 radical (unpaired) electrons. The topological polar surface area (TPSA) is 75.6 Å². The zero-order valence-corrected chi connectivity index (χ0v) is 9.98. The molecular formula is C12H15NO4. The van der Waals surface area contributed by atoms with Gasteiger partial charge in [-0.25, -0.2) is 4.79 Å². The Kier molecular flexibility index (Phi) is 4.09. The Morgan fingerprint density at radius 1 is 1.41 bits per heavy atom. The standard InChI is InChI=1S/C12H15NO4/c1-7-4-5-10(14)9(6-7)11(15)13-8(2)12(16)17-3/h4-6,8,14H,1-3H3,(H,13,15). The Balaban J connectivity index is 2.83. The highest BCUT2D eigenvalue weighted by Gasteiger charge is 2.18. The van der Waals surface area contributed by atoms with Crippen LogP contribution in [0.15, 0.2) is 18.2 Å². The average Bonchev–Trinajstić information content (AvgIpc) is 2.30. The number of methoxy groups -OCH3 is 1. The van der Waals surface area contributed by atoms with Crippen LogP contribution in [0.2, 0.25) is 0 Å². The molecule has 0 fully saturated rings. The molecule has 1 aromatic rings. The van der Waals surface area contributed by atoms with Crippen molar-refractivity contribution in [3.8, 4) is 5.75 Å². The third-order valence-electron chi connectivity index (χ3n) is 2.30. The number of aromatic hydroxyl groups is 1. The minimum absolute atomic E-state index is 0.120. The maximum absolute atomic E-state index is 11.8. The van der Waals surface area contributed by atoms with Crippen LogP contribution >= 0.6 is 0 Å². The Morgan fingerprint density at radius 3 is 2.65 bits per heavy atom. The molecule has 0 spiro atoms. The second kappa shape index (κ2) is 5.34. The highest BCUT2D eigenvalue weighted by atomic mass is 16.5. The number of esters is 1. The Morgan fingerprint density at radius 2 is 2.06 bits per heavy atom. The van der Waals surface area contributed by atoms with Crippen molar-refractivity contribution in [1.29, 1.82) is 0 Å². The molecule has 1 amide bonds. The molecule has 0 aliphatic heterocycles. The van der Waals surface area contributed by atoms with Gasteiger partial charge in [0.05, 0.1) is 12.7 Å². The Bertz CT molecular complexity index is 442. The van der Waals surface area contributed by atoms with Crippen molar-refractivity contribution >= 4 is 11.9 Å². The first-order valence-electron chi connectivity index (χ1n) is 5.14. The van der Waals surface area contributed by atoms with Crippen LogP contribution in [-0.2, 0) is 9.53 Å². The minimum Gasteiger partial charge on any atom is -0.507 e. The van der Waals surface area contributed by atoms with E-state index in [0.29, 0.717) is 0 Å². The molecule has 2 N–H and O–H groups in total. The van der Waals surface area contributed by atoms with Gasteiger partial charge in [-0.3, -0.25) is 4.79 Å². The summed E-state index contributed by atoms with van der Waals surface area (Å²) >= 11 is 0. The van der Waals surface area contributed by atoms with Crippen molar-refractivity contribution in [3.05, 3.63) is 29.3 Å². The van der Waals surface area contributed by atoms with Crippen molar-refractivity contribution in [2.75, 3.05) is 7.11 Å². The smallest absolute Gasteiger partial charge is 0.328 e.